The van der Waals surface area contributed by atoms with Gasteiger partial charge in [-0.05, 0) is 54.1 Å². The highest BCUT2D eigenvalue weighted by Gasteiger charge is 2.34. The molecule has 1 N–H and O–H groups in total. The number of rotatable bonds is 5. The maximum atomic E-state index is 12.7. The third-order valence-corrected chi connectivity index (χ3v) is 5.37. The fourth-order valence-corrected chi connectivity index (χ4v) is 3.66. The highest BCUT2D eigenvalue weighted by atomic mass is 35.5. The summed E-state index contributed by atoms with van der Waals surface area (Å²) in [6.07, 6.45) is 1.60. The molecule has 0 spiro atoms. The molecule has 5 nitrogen and oxygen atoms in total. The van der Waals surface area contributed by atoms with Crippen LogP contribution in [0.2, 0.25) is 15.1 Å². The molecule has 31 heavy (non-hydrogen) atoms. The second-order valence-electron chi connectivity index (χ2n) is 6.70. The van der Waals surface area contributed by atoms with E-state index >= 15 is 0 Å². The van der Waals surface area contributed by atoms with Gasteiger partial charge in [0, 0.05) is 20.6 Å². The van der Waals surface area contributed by atoms with E-state index in [0.717, 1.165) is 16.0 Å². The van der Waals surface area contributed by atoms with E-state index in [0.29, 0.717) is 33.1 Å². The molecule has 8 heteroatoms. The molecule has 156 valence electrons. The highest BCUT2D eigenvalue weighted by molar-refractivity contribution is 6.35. The van der Waals surface area contributed by atoms with E-state index in [1.165, 1.54) is 0 Å². The molecule has 0 atom stereocenters. The number of halogens is 3. The molecule has 1 aliphatic heterocycles. The van der Waals surface area contributed by atoms with Crippen molar-refractivity contribution in [1.82, 2.24) is 5.32 Å². The van der Waals surface area contributed by atoms with Gasteiger partial charge in [-0.15, -0.1) is 0 Å². The number of hydrogen-bond acceptors (Lipinski definition) is 3. The molecule has 0 unspecified atom stereocenters. The summed E-state index contributed by atoms with van der Waals surface area (Å²) < 4.78 is 5.76. The van der Waals surface area contributed by atoms with Crippen LogP contribution < -0.4 is 15.0 Å². The average molecular weight is 474 g/mol. The van der Waals surface area contributed by atoms with E-state index in [9.17, 15) is 9.59 Å². The highest BCUT2D eigenvalue weighted by Crippen LogP contribution is 2.26. The topological polar surface area (TPSA) is 58.6 Å². The van der Waals surface area contributed by atoms with Crippen molar-refractivity contribution >= 4 is 58.5 Å². The quantitative estimate of drug-likeness (QED) is 0.348. The molecule has 0 aliphatic carbocycles. The lowest BCUT2D eigenvalue weighted by Crippen LogP contribution is -2.30. The third kappa shape index (κ3) is 4.85. The molecule has 0 radical (unpaired) electrons. The van der Waals surface area contributed by atoms with E-state index in [4.69, 9.17) is 39.5 Å². The second kappa shape index (κ2) is 9.02. The minimum atomic E-state index is -0.529. The van der Waals surface area contributed by atoms with Gasteiger partial charge in [-0.1, -0.05) is 59.1 Å². The van der Waals surface area contributed by atoms with Gasteiger partial charge in [-0.3, -0.25) is 4.79 Å². The predicted molar refractivity (Wildman–Crippen MR) is 123 cm³/mol. The van der Waals surface area contributed by atoms with Crippen LogP contribution in [-0.2, 0) is 11.4 Å². The molecule has 4 rings (SSSR count). The number of ether oxygens (including phenoxy) is 1. The second-order valence-corrected chi connectivity index (χ2v) is 7.98. The largest absolute Gasteiger partial charge is 0.489 e. The number of imide groups is 1. The van der Waals surface area contributed by atoms with Crippen LogP contribution >= 0.6 is 34.8 Å². The van der Waals surface area contributed by atoms with E-state index < -0.39 is 11.9 Å². The summed E-state index contributed by atoms with van der Waals surface area (Å²) in [4.78, 5) is 26.0. The number of nitrogens with one attached hydrogen (secondary N) is 1. The molecule has 3 amide bonds. The van der Waals surface area contributed by atoms with E-state index in [1.54, 1.807) is 66.7 Å². The fraction of sp³-hybridized carbons (Fsp3) is 0.0435. The molecule has 0 aromatic heterocycles. The number of nitrogens with zero attached hydrogens (tertiary/aromatic N) is 1. The van der Waals surface area contributed by atoms with Crippen molar-refractivity contribution in [2.75, 3.05) is 4.90 Å². The first-order valence-electron chi connectivity index (χ1n) is 9.20. The Balaban J connectivity index is 1.45. The van der Waals surface area contributed by atoms with Crippen molar-refractivity contribution in [1.29, 1.82) is 0 Å². The number of benzene rings is 3. The van der Waals surface area contributed by atoms with E-state index in [2.05, 4.69) is 5.32 Å². The Morgan fingerprint density at radius 3 is 2.35 bits per heavy atom. The van der Waals surface area contributed by atoms with Crippen LogP contribution in [0.1, 0.15) is 11.1 Å². The van der Waals surface area contributed by atoms with Crippen LogP contribution in [0.3, 0.4) is 0 Å². The Morgan fingerprint density at radius 1 is 0.903 bits per heavy atom. The number of anilines is 1. The van der Waals surface area contributed by atoms with Gasteiger partial charge in [0.25, 0.3) is 5.91 Å². The van der Waals surface area contributed by atoms with Gasteiger partial charge < -0.3 is 10.1 Å². The van der Waals surface area contributed by atoms with Crippen LogP contribution in [0.5, 0.6) is 5.75 Å². The van der Waals surface area contributed by atoms with Crippen molar-refractivity contribution in [3.8, 4) is 5.75 Å². The molecule has 0 saturated carbocycles. The SMILES string of the molecule is O=C1N/C(=C/c2ccc(OCc3ccc(Cl)cc3Cl)cc2)C(=O)N1c1cccc(Cl)c1. The first-order chi connectivity index (χ1) is 14.9. The van der Waals surface area contributed by atoms with E-state index in [-0.39, 0.29) is 5.70 Å². The van der Waals surface area contributed by atoms with Gasteiger partial charge in [-0.2, -0.15) is 0 Å². The Bertz CT molecular complexity index is 1190. The van der Waals surface area contributed by atoms with Crippen LogP contribution in [0.15, 0.2) is 72.4 Å². The van der Waals surface area contributed by atoms with Crippen molar-refractivity contribution in [2.45, 2.75) is 6.61 Å². The number of carbonyl (C=O) groups is 2. The molecule has 3 aromatic carbocycles. The summed E-state index contributed by atoms with van der Waals surface area (Å²) in [6, 6.07) is 18.4. The normalized spacial score (nSPS) is 14.8. The zero-order valence-corrected chi connectivity index (χ0v) is 18.2. The van der Waals surface area contributed by atoms with E-state index in [1.807, 2.05) is 6.07 Å². The molecule has 1 saturated heterocycles. The van der Waals surface area contributed by atoms with Gasteiger partial charge in [0.1, 0.15) is 18.1 Å². The van der Waals surface area contributed by atoms with Gasteiger partial charge >= 0.3 is 6.03 Å². The standard InChI is InChI=1S/C23H15Cl3N2O3/c24-16-2-1-3-18(11-16)28-22(29)21(27-23(28)30)10-14-4-8-19(9-5-14)31-13-15-6-7-17(25)12-20(15)26/h1-12H,13H2,(H,27,30)/b21-10+. The Labute approximate surface area is 193 Å². The van der Waals surface area contributed by atoms with Gasteiger partial charge in [0.15, 0.2) is 0 Å². The van der Waals surface area contributed by atoms with Gasteiger partial charge in [0.2, 0.25) is 0 Å². The summed E-state index contributed by atoms with van der Waals surface area (Å²) >= 11 is 18.0. The summed E-state index contributed by atoms with van der Waals surface area (Å²) in [5.74, 6) is 0.181. The summed E-state index contributed by atoms with van der Waals surface area (Å²) in [5, 5.41) is 4.13. The van der Waals surface area contributed by atoms with Crippen molar-refractivity contribution < 1.29 is 14.3 Å². The number of amides is 3. The lowest BCUT2D eigenvalue weighted by atomic mass is 10.2. The van der Waals surface area contributed by atoms with Gasteiger partial charge in [-0.25, -0.2) is 9.69 Å². The lowest BCUT2D eigenvalue weighted by Gasteiger charge is -2.11. The first kappa shape index (κ1) is 21.2. The predicted octanol–water partition coefficient (Wildman–Crippen LogP) is 6.32. The number of carbonyl (C=O) groups excluding carboxylic acids is 2. The fourth-order valence-electron chi connectivity index (χ4n) is 3.01. The number of hydrogen-bond donors (Lipinski definition) is 1. The van der Waals surface area contributed by atoms with Crippen molar-refractivity contribution in [3.63, 3.8) is 0 Å². The number of urea groups is 1. The molecule has 1 aliphatic rings. The molecule has 1 fully saturated rings. The monoisotopic (exact) mass is 472 g/mol. The molecule has 0 bridgehead atoms. The third-order valence-electron chi connectivity index (χ3n) is 4.55. The van der Waals surface area contributed by atoms with Gasteiger partial charge in [0.05, 0.1) is 5.69 Å². The van der Waals surface area contributed by atoms with Crippen LogP contribution in [0.25, 0.3) is 6.08 Å². The summed E-state index contributed by atoms with van der Waals surface area (Å²) in [6.45, 7) is 0.291. The zero-order chi connectivity index (χ0) is 22.0. The van der Waals surface area contributed by atoms with Crippen molar-refractivity contribution in [2.24, 2.45) is 0 Å². The molecule has 3 aromatic rings. The minimum absolute atomic E-state index is 0.173. The first-order valence-corrected chi connectivity index (χ1v) is 10.3. The van der Waals surface area contributed by atoms with Crippen molar-refractivity contribution in [3.05, 3.63) is 98.6 Å². The molecule has 1 heterocycles. The Morgan fingerprint density at radius 2 is 1.65 bits per heavy atom. The van der Waals surface area contributed by atoms with Crippen LogP contribution in [-0.4, -0.2) is 11.9 Å². The summed E-state index contributed by atoms with van der Waals surface area (Å²) in [7, 11) is 0. The van der Waals surface area contributed by atoms with Crippen LogP contribution in [0.4, 0.5) is 10.5 Å². The minimum Gasteiger partial charge on any atom is -0.489 e. The Hall–Kier alpha value is -2.99. The zero-order valence-electron chi connectivity index (χ0n) is 15.9. The average Bonchev–Trinajstić information content (AvgIpc) is 3.01. The molecular formula is C23H15Cl3N2O3. The Kier molecular flexibility index (Phi) is 6.18. The maximum absolute atomic E-state index is 12.7. The summed E-state index contributed by atoms with van der Waals surface area (Å²) in [5.41, 5.74) is 2.13. The molecular weight excluding hydrogens is 459 g/mol. The smallest absolute Gasteiger partial charge is 0.333 e. The lowest BCUT2D eigenvalue weighted by molar-refractivity contribution is -0.113. The van der Waals surface area contributed by atoms with Crippen LogP contribution in [0, 0.1) is 0 Å². The maximum Gasteiger partial charge on any atom is 0.333 e.